The number of benzene rings is 2. The molecule has 1 fully saturated rings. The van der Waals surface area contributed by atoms with Gasteiger partial charge in [-0.15, -0.1) is 10.2 Å². The maximum Gasteiger partial charge on any atom is 0.317 e. The molecule has 0 spiro atoms. The van der Waals surface area contributed by atoms with Crippen LogP contribution >= 0.6 is 0 Å². The van der Waals surface area contributed by atoms with Crippen LogP contribution in [0.5, 0.6) is 0 Å². The van der Waals surface area contributed by atoms with E-state index in [0.717, 1.165) is 33.9 Å². The number of hydrogen-bond acceptors (Lipinski definition) is 5. The third-order valence-electron chi connectivity index (χ3n) is 5.76. The molecular formula is C23H25N7O. The normalized spacial score (nSPS) is 16.8. The van der Waals surface area contributed by atoms with Crippen molar-refractivity contribution in [3.05, 3.63) is 54.6 Å². The Morgan fingerprint density at radius 1 is 1.06 bits per heavy atom. The molecule has 4 aromatic rings. The number of nitrogens with one attached hydrogen (secondary N) is 1. The monoisotopic (exact) mass is 415 g/mol. The van der Waals surface area contributed by atoms with E-state index in [1.807, 2.05) is 70.8 Å². The van der Waals surface area contributed by atoms with Gasteiger partial charge in [-0.2, -0.15) is 0 Å². The minimum atomic E-state index is -0.0134. The molecule has 1 saturated heterocycles. The lowest BCUT2D eigenvalue weighted by Gasteiger charge is -2.40. The molecule has 0 radical (unpaired) electrons. The number of urea groups is 1. The zero-order valence-electron chi connectivity index (χ0n) is 17.7. The minimum absolute atomic E-state index is 0.0134. The predicted octanol–water partition coefficient (Wildman–Crippen LogP) is 3.18. The molecule has 3 heterocycles. The predicted molar refractivity (Wildman–Crippen MR) is 121 cm³/mol. The molecule has 1 N–H and O–H groups in total. The quantitative estimate of drug-likeness (QED) is 0.556. The molecule has 2 aromatic heterocycles. The summed E-state index contributed by atoms with van der Waals surface area (Å²) >= 11 is 0. The maximum atomic E-state index is 12.4. The summed E-state index contributed by atoms with van der Waals surface area (Å²) in [4.78, 5) is 21.5. The zero-order valence-corrected chi connectivity index (χ0v) is 17.7. The number of aromatic nitrogens is 4. The number of carbonyl (C=O) groups is 1. The van der Waals surface area contributed by atoms with E-state index in [4.69, 9.17) is 4.98 Å². The summed E-state index contributed by atoms with van der Waals surface area (Å²) < 4.78 is 2.05. The second-order valence-electron chi connectivity index (χ2n) is 7.80. The van der Waals surface area contributed by atoms with Crippen molar-refractivity contribution in [2.24, 2.45) is 0 Å². The largest absolute Gasteiger partial charge is 0.338 e. The first-order valence-electron chi connectivity index (χ1n) is 10.7. The van der Waals surface area contributed by atoms with Crippen LogP contribution < -0.4 is 10.2 Å². The van der Waals surface area contributed by atoms with Crippen LogP contribution in [-0.2, 0) is 0 Å². The Kier molecular flexibility index (Phi) is 4.89. The SMILES string of the molecule is CCNC(=O)N1CCN(c2nc3ccccc3c3nnc(-c4ccccc4)n23)CC1C. The van der Waals surface area contributed by atoms with E-state index in [-0.39, 0.29) is 12.1 Å². The number of rotatable bonds is 3. The molecule has 31 heavy (non-hydrogen) atoms. The highest BCUT2D eigenvalue weighted by Crippen LogP contribution is 2.29. The summed E-state index contributed by atoms with van der Waals surface area (Å²) in [6, 6.07) is 18.1. The van der Waals surface area contributed by atoms with Crippen molar-refractivity contribution >= 4 is 28.5 Å². The van der Waals surface area contributed by atoms with Gasteiger partial charge < -0.3 is 15.1 Å². The van der Waals surface area contributed by atoms with E-state index in [0.29, 0.717) is 26.2 Å². The number of anilines is 1. The van der Waals surface area contributed by atoms with Gasteiger partial charge in [-0.1, -0.05) is 42.5 Å². The van der Waals surface area contributed by atoms with Gasteiger partial charge in [0, 0.05) is 43.2 Å². The molecule has 0 saturated carbocycles. The number of para-hydroxylation sites is 1. The van der Waals surface area contributed by atoms with E-state index in [1.165, 1.54) is 0 Å². The molecule has 8 nitrogen and oxygen atoms in total. The van der Waals surface area contributed by atoms with Gasteiger partial charge >= 0.3 is 6.03 Å². The average Bonchev–Trinajstić information content (AvgIpc) is 3.25. The van der Waals surface area contributed by atoms with Gasteiger partial charge in [0.05, 0.1) is 5.52 Å². The molecule has 1 unspecified atom stereocenters. The lowest BCUT2D eigenvalue weighted by atomic mass is 10.2. The second-order valence-corrected chi connectivity index (χ2v) is 7.80. The van der Waals surface area contributed by atoms with Gasteiger partial charge in [-0.25, -0.2) is 14.2 Å². The van der Waals surface area contributed by atoms with Crippen LogP contribution in [0.25, 0.3) is 27.9 Å². The lowest BCUT2D eigenvalue weighted by molar-refractivity contribution is 0.171. The Morgan fingerprint density at radius 2 is 1.84 bits per heavy atom. The Balaban J connectivity index is 1.62. The standard InChI is InChI=1S/C23H25N7O/c1-3-24-23(31)29-14-13-28(15-16(29)2)22-25-19-12-8-7-11-18(19)21-27-26-20(30(21)22)17-9-5-4-6-10-17/h4-12,16H,3,13-15H2,1-2H3,(H,24,31). The van der Waals surface area contributed by atoms with E-state index in [9.17, 15) is 4.79 Å². The fraction of sp³-hybridized carbons (Fsp3) is 0.304. The van der Waals surface area contributed by atoms with E-state index >= 15 is 0 Å². The Hall–Kier alpha value is -3.68. The van der Waals surface area contributed by atoms with E-state index in [2.05, 4.69) is 27.3 Å². The highest BCUT2D eigenvalue weighted by molar-refractivity contribution is 5.93. The van der Waals surface area contributed by atoms with Gasteiger partial charge in [0.2, 0.25) is 5.95 Å². The van der Waals surface area contributed by atoms with Gasteiger partial charge in [-0.05, 0) is 26.0 Å². The second kappa shape index (κ2) is 7.86. The summed E-state index contributed by atoms with van der Waals surface area (Å²) in [5, 5.41) is 12.9. The molecule has 2 aromatic carbocycles. The highest BCUT2D eigenvalue weighted by atomic mass is 16.2. The van der Waals surface area contributed by atoms with Crippen molar-refractivity contribution in [2.75, 3.05) is 31.1 Å². The summed E-state index contributed by atoms with van der Waals surface area (Å²) in [7, 11) is 0. The van der Waals surface area contributed by atoms with Crippen LogP contribution in [0.2, 0.25) is 0 Å². The van der Waals surface area contributed by atoms with Gasteiger partial charge in [-0.3, -0.25) is 0 Å². The first kappa shape index (κ1) is 19.3. The first-order chi connectivity index (χ1) is 15.2. The van der Waals surface area contributed by atoms with Crippen LogP contribution in [0.1, 0.15) is 13.8 Å². The Labute approximate surface area is 180 Å². The van der Waals surface area contributed by atoms with Crippen LogP contribution in [0.3, 0.4) is 0 Å². The van der Waals surface area contributed by atoms with Crippen molar-refractivity contribution < 1.29 is 4.79 Å². The van der Waals surface area contributed by atoms with Gasteiger partial charge in [0.25, 0.3) is 0 Å². The Morgan fingerprint density at radius 3 is 2.61 bits per heavy atom. The fourth-order valence-corrected chi connectivity index (χ4v) is 4.25. The molecule has 2 amide bonds. The summed E-state index contributed by atoms with van der Waals surface area (Å²) in [6.07, 6.45) is 0. The van der Waals surface area contributed by atoms with Crippen molar-refractivity contribution in [1.82, 2.24) is 29.8 Å². The summed E-state index contributed by atoms with van der Waals surface area (Å²) in [5.41, 5.74) is 2.66. The number of carbonyl (C=O) groups excluding carboxylic acids is 1. The third kappa shape index (κ3) is 3.34. The minimum Gasteiger partial charge on any atom is -0.338 e. The van der Waals surface area contributed by atoms with Crippen molar-refractivity contribution in [3.63, 3.8) is 0 Å². The molecule has 0 bridgehead atoms. The fourth-order valence-electron chi connectivity index (χ4n) is 4.25. The van der Waals surface area contributed by atoms with Crippen molar-refractivity contribution in [1.29, 1.82) is 0 Å². The summed E-state index contributed by atoms with van der Waals surface area (Å²) in [5.74, 6) is 1.57. The van der Waals surface area contributed by atoms with Crippen LogP contribution in [0.4, 0.5) is 10.7 Å². The van der Waals surface area contributed by atoms with Gasteiger partial charge in [0.1, 0.15) is 0 Å². The van der Waals surface area contributed by atoms with E-state index < -0.39 is 0 Å². The number of fused-ring (bicyclic) bond motifs is 3. The topological polar surface area (TPSA) is 78.7 Å². The number of hydrogen-bond donors (Lipinski definition) is 1. The molecule has 0 aliphatic carbocycles. The van der Waals surface area contributed by atoms with Crippen molar-refractivity contribution in [3.8, 4) is 11.4 Å². The van der Waals surface area contributed by atoms with Crippen LogP contribution in [-0.4, -0.2) is 62.7 Å². The smallest absolute Gasteiger partial charge is 0.317 e. The molecule has 158 valence electrons. The lowest BCUT2D eigenvalue weighted by Crippen LogP contribution is -2.57. The van der Waals surface area contributed by atoms with Crippen LogP contribution in [0, 0.1) is 0 Å². The molecule has 1 atom stereocenters. The molecule has 8 heteroatoms. The van der Waals surface area contributed by atoms with Crippen molar-refractivity contribution in [2.45, 2.75) is 19.9 Å². The van der Waals surface area contributed by atoms with Crippen LogP contribution in [0.15, 0.2) is 54.6 Å². The molecule has 1 aliphatic heterocycles. The maximum absolute atomic E-state index is 12.4. The highest BCUT2D eigenvalue weighted by Gasteiger charge is 2.30. The molecule has 1 aliphatic rings. The number of nitrogens with zero attached hydrogens (tertiary/aromatic N) is 6. The van der Waals surface area contributed by atoms with Gasteiger partial charge in [0.15, 0.2) is 11.5 Å². The number of piperazine rings is 1. The zero-order chi connectivity index (χ0) is 21.4. The molecular weight excluding hydrogens is 390 g/mol. The third-order valence-corrected chi connectivity index (χ3v) is 5.76. The first-order valence-corrected chi connectivity index (χ1v) is 10.7. The average molecular weight is 416 g/mol. The van der Waals surface area contributed by atoms with E-state index in [1.54, 1.807) is 0 Å². The number of amides is 2. The Bertz CT molecular complexity index is 1240. The molecule has 5 rings (SSSR count). The summed E-state index contributed by atoms with van der Waals surface area (Å²) in [6.45, 7) is 6.64.